The number of nitrogens with zero attached hydrogens (tertiary/aromatic N) is 3. The maximum atomic E-state index is 12.3. The van der Waals surface area contributed by atoms with Crippen molar-refractivity contribution >= 4 is 17.3 Å². The number of carbonyl (C=O) groups excluding carboxylic acids is 1. The molecule has 8 heteroatoms. The van der Waals surface area contributed by atoms with Crippen LogP contribution in [-0.4, -0.2) is 44.0 Å². The van der Waals surface area contributed by atoms with Crippen LogP contribution in [0.5, 0.6) is 11.5 Å². The van der Waals surface area contributed by atoms with E-state index in [0.717, 1.165) is 16.9 Å². The smallest absolute Gasteiger partial charge is 0.266 e. The largest absolute Gasteiger partial charge is 0.493 e. The van der Waals surface area contributed by atoms with Crippen molar-refractivity contribution in [2.45, 2.75) is 19.4 Å². The molecule has 32 heavy (non-hydrogen) atoms. The van der Waals surface area contributed by atoms with Gasteiger partial charge in [-0.3, -0.25) is 9.59 Å². The van der Waals surface area contributed by atoms with Gasteiger partial charge in [0.05, 0.1) is 19.9 Å². The van der Waals surface area contributed by atoms with E-state index >= 15 is 0 Å². The zero-order valence-corrected chi connectivity index (χ0v) is 18.8. The van der Waals surface area contributed by atoms with Gasteiger partial charge in [0.25, 0.3) is 5.56 Å². The van der Waals surface area contributed by atoms with Crippen LogP contribution in [0.1, 0.15) is 12.8 Å². The third kappa shape index (κ3) is 5.66. The summed E-state index contributed by atoms with van der Waals surface area (Å²) in [6.45, 7) is 0.340. The Balaban J connectivity index is 1.62. The number of aromatic nitrogens is 2. The number of anilines is 2. The predicted molar refractivity (Wildman–Crippen MR) is 126 cm³/mol. The molecule has 1 amide bonds. The molecule has 0 saturated carbocycles. The zero-order valence-electron chi connectivity index (χ0n) is 18.8. The number of hydrogen-bond donors (Lipinski definition) is 1. The molecular weight excluding hydrogens is 408 g/mol. The molecule has 3 rings (SSSR count). The summed E-state index contributed by atoms with van der Waals surface area (Å²) in [4.78, 5) is 26.5. The normalized spacial score (nSPS) is 10.5. The molecule has 8 nitrogen and oxygen atoms in total. The van der Waals surface area contributed by atoms with E-state index in [-0.39, 0.29) is 17.9 Å². The maximum Gasteiger partial charge on any atom is 0.266 e. The Hall–Kier alpha value is -3.81. The molecule has 0 bridgehead atoms. The van der Waals surface area contributed by atoms with Gasteiger partial charge in [-0.1, -0.05) is 0 Å². The first-order valence-electron chi connectivity index (χ1n) is 10.3. The monoisotopic (exact) mass is 436 g/mol. The summed E-state index contributed by atoms with van der Waals surface area (Å²) in [5.41, 5.74) is 3.02. The van der Waals surface area contributed by atoms with Crippen LogP contribution in [0.25, 0.3) is 11.3 Å². The van der Waals surface area contributed by atoms with E-state index in [0.29, 0.717) is 30.2 Å². The van der Waals surface area contributed by atoms with Crippen LogP contribution >= 0.6 is 0 Å². The number of nitrogens with one attached hydrogen (secondary N) is 1. The van der Waals surface area contributed by atoms with Crippen LogP contribution in [0, 0.1) is 0 Å². The highest BCUT2D eigenvalue weighted by molar-refractivity contribution is 5.90. The molecule has 0 radical (unpaired) electrons. The Morgan fingerprint density at radius 2 is 1.72 bits per heavy atom. The fourth-order valence-electron chi connectivity index (χ4n) is 3.21. The molecular formula is C24H28N4O4. The molecule has 1 heterocycles. The second-order valence-electron chi connectivity index (χ2n) is 7.44. The molecule has 0 saturated heterocycles. The third-order valence-corrected chi connectivity index (χ3v) is 4.99. The van der Waals surface area contributed by atoms with Gasteiger partial charge in [0.2, 0.25) is 5.91 Å². The molecule has 0 fully saturated rings. The van der Waals surface area contributed by atoms with Crippen LogP contribution in [0.3, 0.4) is 0 Å². The standard InChI is InChI=1S/C24H28N4O4/c1-27(2)19-10-8-18(9-11-19)25-23(29)6-5-15-28-24(30)14-12-20(26-28)17-7-13-21(31-3)22(16-17)32-4/h7-14,16H,5-6,15H2,1-4H3,(H,25,29). The minimum Gasteiger partial charge on any atom is -0.493 e. The van der Waals surface area contributed by atoms with Gasteiger partial charge in [-0.05, 0) is 55.0 Å². The van der Waals surface area contributed by atoms with Crippen molar-refractivity contribution in [1.82, 2.24) is 9.78 Å². The first-order valence-corrected chi connectivity index (χ1v) is 10.3. The first-order chi connectivity index (χ1) is 15.4. The number of hydrogen-bond acceptors (Lipinski definition) is 6. The number of rotatable bonds is 9. The van der Waals surface area contributed by atoms with Crippen molar-refractivity contribution in [3.63, 3.8) is 0 Å². The number of carbonyl (C=O) groups is 1. The molecule has 2 aromatic carbocycles. The van der Waals surface area contributed by atoms with E-state index in [4.69, 9.17) is 9.47 Å². The second-order valence-corrected chi connectivity index (χ2v) is 7.44. The van der Waals surface area contributed by atoms with Crippen LogP contribution < -0.4 is 25.2 Å². The van der Waals surface area contributed by atoms with E-state index in [9.17, 15) is 9.59 Å². The van der Waals surface area contributed by atoms with Gasteiger partial charge < -0.3 is 19.7 Å². The highest BCUT2D eigenvalue weighted by atomic mass is 16.5. The highest BCUT2D eigenvalue weighted by Gasteiger charge is 2.10. The topological polar surface area (TPSA) is 85.7 Å². The lowest BCUT2D eigenvalue weighted by atomic mass is 10.1. The van der Waals surface area contributed by atoms with Crippen molar-refractivity contribution in [2.75, 3.05) is 38.5 Å². The summed E-state index contributed by atoms with van der Waals surface area (Å²) in [6, 6.07) is 16.2. The van der Waals surface area contributed by atoms with Crippen LogP contribution in [-0.2, 0) is 11.3 Å². The van der Waals surface area contributed by atoms with Crippen molar-refractivity contribution < 1.29 is 14.3 Å². The first kappa shape index (κ1) is 22.9. The van der Waals surface area contributed by atoms with Gasteiger partial charge in [-0.25, -0.2) is 4.68 Å². The minimum absolute atomic E-state index is 0.105. The quantitative estimate of drug-likeness (QED) is 0.553. The third-order valence-electron chi connectivity index (χ3n) is 4.99. The Morgan fingerprint density at radius 3 is 2.38 bits per heavy atom. The van der Waals surface area contributed by atoms with Gasteiger partial charge in [0, 0.05) is 50.1 Å². The van der Waals surface area contributed by atoms with Crippen molar-refractivity contribution in [2.24, 2.45) is 0 Å². The molecule has 0 aliphatic heterocycles. The highest BCUT2D eigenvalue weighted by Crippen LogP contribution is 2.31. The molecule has 1 aromatic heterocycles. The molecule has 168 valence electrons. The number of methoxy groups -OCH3 is 2. The lowest BCUT2D eigenvalue weighted by Gasteiger charge is -2.13. The molecule has 1 N–H and O–H groups in total. The summed E-state index contributed by atoms with van der Waals surface area (Å²) in [6.07, 6.45) is 0.772. The zero-order chi connectivity index (χ0) is 23.1. The van der Waals surface area contributed by atoms with Crippen molar-refractivity contribution in [3.05, 3.63) is 65.0 Å². The summed E-state index contributed by atoms with van der Waals surface area (Å²) in [7, 11) is 7.07. The van der Waals surface area contributed by atoms with Gasteiger partial charge in [-0.15, -0.1) is 0 Å². The summed E-state index contributed by atoms with van der Waals surface area (Å²) in [5.74, 6) is 1.10. The summed E-state index contributed by atoms with van der Waals surface area (Å²) in [5, 5.41) is 7.33. The average molecular weight is 437 g/mol. The number of amides is 1. The van der Waals surface area contributed by atoms with E-state index < -0.39 is 0 Å². The van der Waals surface area contributed by atoms with Gasteiger partial charge in [0.1, 0.15) is 0 Å². The average Bonchev–Trinajstić information content (AvgIpc) is 2.80. The molecule has 0 aliphatic rings. The lowest BCUT2D eigenvalue weighted by Crippen LogP contribution is -2.23. The molecule has 0 spiro atoms. The predicted octanol–water partition coefficient (Wildman–Crippen LogP) is 3.41. The number of benzene rings is 2. The SMILES string of the molecule is COc1ccc(-c2ccc(=O)n(CCCC(=O)Nc3ccc(N(C)C)cc3)n2)cc1OC. The molecule has 3 aromatic rings. The number of ether oxygens (including phenoxy) is 2. The minimum atomic E-state index is -0.214. The van der Waals surface area contributed by atoms with E-state index in [1.54, 1.807) is 26.4 Å². The van der Waals surface area contributed by atoms with Crippen molar-refractivity contribution in [3.8, 4) is 22.8 Å². The Bertz CT molecular complexity index is 1120. The molecule has 0 aliphatic carbocycles. The van der Waals surface area contributed by atoms with Crippen LogP contribution in [0.2, 0.25) is 0 Å². The van der Waals surface area contributed by atoms with Gasteiger partial charge in [-0.2, -0.15) is 5.10 Å². The van der Waals surface area contributed by atoms with Crippen molar-refractivity contribution in [1.29, 1.82) is 0 Å². The number of aryl methyl sites for hydroxylation is 1. The van der Waals surface area contributed by atoms with E-state index in [2.05, 4.69) is 10.4 Å². The molecule has 0 unspecified atom stereocenters. The fourth-order valence-corrected chi connectivity index (χ4v) is 3.21. The Kier molecular flexibility index (Phi) is 7.49. The van der Waals surface area contributed by atoms with E-state index in [1.165, 1.54) is 10.7 Å². The Morgan fingerprint density at radius 1 is 1.00 bits per heavy atom. The van der Waals surface area contributed by atoms with Gasteiger partial charge in [0.15, 0.2) is 11.5 Å². The van der Waals surface area contributed by atoms with Gasteiger partial charge >= 0.3 is 0 Å². The van der Waals surface area contributed by atoms with E-state index in [1.807, 2.05) is 55.4 Å². The van der Waals surface area contributed by atoms with Crippen LogP contribution in [0.15, 0.2) is 59.4 Å². The molecule has 0 atom stereocenters. The van der Waals surface area contributed by atoms with Crippen LogP contribution in [0.4, 0.5) is 11.4 Å². The second kappa shape index (κ2) is 10.5. The summed E-state index contributed by atoms with van der Waals surface area (Å²) < 4.78 is 12.0. The maximum absolute atomic E-state index is 12.3. The Labute approximate surface area is 187 Å². The summed E-state index contributed by atoms with van der Waals surface area (Å²) >= 11 is 0. The fraction of sp³-hybridized carbons (Fsp3) is 0.292. The lowest BCUT2D eigenvalue weighted by molar-refractivity contribution is -0.116.